The molecule has 0 unspecified atom stereocenters. The van der Waals surface area contributed by atoms with E-state index in [1.165, 1.54) is 7.11 Å². The summed E-state index contributed by atoms with van der Waals surface area (Å²) in [5.41, 5.74) is 0.778. The van der Waals surface area contributed by atoms with Crippen LogP contribution in [0.4, 0.5) is 0 Å². The van der Waals surface area contributed by atoms with E-state index >= 15 is 0 Å². The number of fused-ring (bicyclic) bond motifs is 1. The van der Waals surface area contributed by atoms with Crippen molar-refractivity contribution in [3.05, 3.63) is 35.9 Å². The molecule has 40 heavy (non-hydrogen) atoms. The molecule has 12 heteroatoms. The Morgan fingerprint density at radius 1 is 0.925 bits per heavy atom. The third-order valence-corrected chi connectivity index (χ3v) is 13.7. The second-order valence-corrected chi connectivity index (χ2v) is 16.9. The molecular formula is C28H46O11Si. The van der Waals surface area contributed by atoms with Crippen molar-refractivity contribution in [1.29, 1.82) is 0 Å². The second kappa shape index (κ2) is 12.7. The van der Waals surface area contributed by atoms with Crippen LogP contribution >= 0.6 is 0 Å². The molecule has 0 saturated carbocycles. The maximum absolute atomic E-state index is 11.0. The largest absolute Gasteiger partial charge is 0.414 e. The van der Waals surface area contributed by atoms with Gasteiger partial charge in [0.1, 0.15) is 48.8 Å². The molecule has 0 aromatic heterocycles. The highest BCUT2D eigenvalue weighted by Gasteiger charge is 2.53. The molecule has 3 aliphatic rings. The van der Waals surface area contributed by atoms with Gasteiger partial charge in [0.25, 0.3) is 0 Å². The van der Waals surface area contributed by atoms with Gasteiger partial charge in [-0.05, 0) is 24.1 Å². The van der Waals surface area contributed by atoms with Gasteiger partial charge in [-0.25, -0.2) is 0 Å². The topological polar surface area (TPSA) is 146 Å². The summed E-state index contributed by atoms with van der Waals surface area (Å²) in [4.78, 5) is 0. The van der Waals surface area contributed by atoms with E-state index in [2.05, 4.69) is 40.8 Å². The molecule has 1 aromatic carbocycles. The Morgan fingerprint density at radius 3 is 2.20 bits per heavy atom. The number of methoxy groups -OCH3 is 1. The number of aliphatic hydroxyl groups is 4. The molecule has 3 aliphatic heterocycles. The average Bonchev–Trinajstić information content (AvgIpc) is 2.93. The monoisotopic (exact) mass is 586 g/mol. The maximum Gasteiger partial charge on any atom is 0.192 e. The minimum atomic E-state index is -2.29. The van der Waals surface area contributed by atoms with Crippen LogP contribution in [0.3, 0.4) is 0 Å². The smallest absolute Gasteiger partial charge is 0.192 e. The molecule has 3 heterocycles. The van der Waals surface area contributed by atoms with Gasteiger partial charge < -0.3 is 53.3 Å². The number of hydrogen-bond acceptors (Lipinski definition) is 11. The quantitative estimate of drug-likeness (QED) is 0.314. The van der Waals surface area contributed by atoms with Crippen molar-refractivity contribution in [3.8, 4) is 0 Å². The van der Waals surface area contributed by atoms with Crippen LogP contribution in [0, 0.1) is 5.92 Å². The van der Waals surface area contributed by atoms with E-state index in [-0.39, 0.29) is 18.3 Å². The van der Waals surface area contributed by atoms with Gasteiger partial charge in [-0.2, -0.15) is 0 Å². The van der Waals surface area contributed by atoms with Crippen molar-refractivity contribution in [2.24, 2.45) is 5.92 Å². The van der Waals surface area contributed by atoms with Gasteiger partial charge in [0.05, 0.1) is 13.2 Å². The molecule has 3 saturated heterocycles. The number of hydrogen-bond donors (Lipinski definition) is 4. The van der Waals surface area contributed by atoms with Crippen molar-refractivity contribution < 1.29 is 53.3 Å². The van der Waals surface area contributed by atoms with Gasteiger partial charge >= 0.3 is 0 Å². The normalized spacial score (nSPS) is 39.2. The molecule has 4 rings (SSSR count). The molecule has 11 atom stereocenters. The van der Waals surface area contributed by atoms with Gasteiger partial charge in [0, 0.05) is 12.7 Å². The Kier molecular flexibility index (Phi) is 10.1. The van der Waals surface area contributed by atoms with E-state index in [0.717, 1.165) is 5.56 Å². The molecule has 0 bridgehead atoms. The predicted octanol–water partition coefficient (Wildman–Crippen LogP) is 1.68. The summed E-state index contributed by atoms with van der Waals surface area (Å²) in [5.74, 6) is 0.370. The van der Waals surface area contributed by atoms with Gasteiger partial charge in [0.2, 0.25) is 0 Å². The molecule has 0 radical (unpaired) electrons. The third kappa shape index (κ3) is 6.33. The van der Waals surface area contributed by atoms with Crippen LogP contribution in [-0.4, -0.2) is 110 Å². The highest BCUT2D eigenvalue weighted by Crippen LogP contribution is 2.45. The van der Waals surface area contributed by atoms with Crippen LogP contribution in [0.1, 0.15) is 39.5 Å². The highest BCUT2D eigenvalue weighted by atomic mass is 28.4. The molecule has 0 amide bonds. The maximum atomic E-state index is 11.0. The molecular weight excluding hydrogens is 540 g/mol. The second-order valence-electron chi connectivity index (χ2n) is 12.3. The fraction of sp³-hybridized carbons (Fsp3) is 0.786. The molecule has 1 aromatic rings. The number of rotatable bonds is 9. The Hall–Kier alpha value is -1.00. The zero-order chi connectivity index (χ0) is 29.4. The lowest BCUT2D eigenvalue weighted by molar-refractivity contribution is -0.384. The van der Waals surface area contributed by atoms with Crippen molar-refractivity contribution >= 4 is 8.32 Å². The van der Waals surface area contributed by atoms with Gasteiger partial charge in [-0.3, -0.25) is 0 Å². The van der Waals surface area contributed by atoms with E-state index < -0.39 is 76.0 Å². The summed E-state index contributed by atoms with van der Waals surface area (Å²) in [5, 5.41) is 43.5. The summed E-state index contributed by atoms with van der Waals surface area (Å²) in [6.45, 7) is 13.1. The van der Waals surface area contributed by atoms with E-state index in [0.29, 0.717) is 5.92 Å². The van der Waals surface area contributed by atoms with Crippen LogP contribution in [0.25, 0.3) is 0 Å². The summed E-state index contributed by atoms with van der Waals surface area (Å²) in [6.07, 6.45) is -12.5. The molecule has 228 valence electrons. The Labute approximate surface area is 237 Å². The third-order valence-electron chi connectivity index (χ3n) is 9.17. The van der Waals surface area contributed by atoms with Crippen LogP contribution in [0.5, 0.6) is 0 Å². The van der Waals surface area contributed by atoms with Crippen molar-refractivity contribution in [2.75, 3.05) is 20.3 Å². The minimum absolute atomic E-state index is 0.0616. The van der Waals surface area contributed by atoms with Crippen LogP contribution in [0.2, 0.25) is 18.1 Å². The number of ether oxygens (including phenoxy) is 6. The fourth-order valence-electron chi connectivity index (χ4n) is 5.20. The van der Waals surface area contributed by atoms with Crippen LogP contribution in [-0.2, 0) is 32.8 Å². The fourth-order valence-corrected chi connectivity index (χ4v) is 7.54. The van der Waals surface area contributed by atoms with E-state index in [4.69, 9.17) is 32.8 Å². The highest BCUT2D eigenvalue weighted by molar-refractivity contribution is 6.74. The van der Waals surface area contributed by atoms with Crippen LogP contribution in [0.15, 0.2) is 30.3 Å². The lowest BCUT2D eigenvalue weighted by Crippen LogP contribution is -2.66. The van der Waals surface area contributed by atoms with Crippen LogP contribution < -0.4 is 0 Å². The Morgan fingerprint density at radius 2 is 1.57 bits per heavy atom. The van der Waals surface area contributed by atoms with Gasteiger partial charge in [-0.1, -0.05) is 58.0 Å². The van der Waals surface area contributed by atoms with Gasteiger partial charge in [0.15, 0.2) is 27.2 Å². The molecule has 11 nitrogen and oxygen atoms in total. The summed E-state index contributed by atoms with van der Waals surface area (Å²) in [6, 6.07) is 9.28. The standard InChI is InChI=1S/C28H46O11Si/c1-15(2)28(3,4)40(6,7)35-14-18-24(19(29)21(31)26(33-5)36-18)39-27-22(32)20(30)23-17(37-27)13-34-25(38-23)16-11-9-8-10-12-16/h8-12,15,17-27,29-32H,13-14H2,1-7H3/t17-,18-,19-,20-,21-,22-,23+,24-,25+,26-,27+/m1/s1. The lowest BCUT2D eigenvalue weighted by atomic mass is 9.96. The molecule has 4 N–H and O–H groups in total. The van der Waals surface area contributed by atoms with E-state index in [9.17, 15) is 20.4 Å². The first-order valence-corrected chi connectivity index (χ1v) is 16.9. The zero-order valence-electron chi connectivity index (χ0n) is 24.4. The van der Waals surface area contributed by atoms with Crippen molar-refractivity contribution in [1.82, 2.24) is 0 Å². The SMILES string of the molecule is CO[C@@H]1O[C@H](CO[Si](C)(C)C(C)(C)C(C)C)[C@@H](O[C@@H]2O[C@@H]3CO[C@H](c4ccccc4)O[C@@H]3[C@H](O)[C@H]2O)[C@H](O)[C@H]1O. The van der Waals surface area contributed by atoms with Crippen molar-refractivity contribution in [3.63, 3.8) is 0 Å². The number of aliphatic hydroxyl groups excluding tert-OH is 4. The van der Waals surface area contributed by atoms with E-state index in [1.54, 1.807) is 0 Å². The number of benzene rings is 1. The Bertz CT molecular complexity index is 945. The first-order chi connectivity index (χ1) is 18.8. The van der Waals surface area contributed by atoms with E-state index in [1.807, 2.05) is 30.3 Å². The summed E-state index contributed by atoms with van der Waals surface area (Å²) >= 11 is 0. The molecule has 3 fully saturated rings. The first kappa shape index (κ1) is 31.9. The lowest BCUT2D eigenvalue weighted by Gasteiger charge is -2.49. The Balaban J connectivity index is 1.47. The minimum Gasteiger partial charge on any atom is -0.414 e. The summed E-state index contributed by atoms with van der Waals surface area (Å²) < 4.78 is 41.5. The summed E-state index contributed by atoms with van der Waals surface area (Å²) in [7, 11) is -0.916. The predicted molar refractivity (Wildman–Crippen MR) is 146 cm³/mol. The first-order valence-electron chi connectivity index (χ1n) is 14.0. The average molecular weight is 587 g/mol. The zero-order valence-corrected chi connectivity index (χ0v) is 25.4. The molecule has 0 aliphatic carbocycles. The van der Waals surface area contributed by atoms with Crippen molar-refractivity contribution in [2.45, 2.75) is 114 Å². The molecule has 0 spiro atoms. The van der Waals surface area contributed by atoms with Gasteiger partial charge in [-0.15, -0.1) is 0 Å².